The molecular weight excluding hydrogens is 310 g/mol. The van der Waals surface area contributed by atoms with Crippen molar-refractivity contribution in [3.05, 3.63) is 44.3 Å². The number of hydrogen-bond acceptors (Lipinski definition) is 6. The molecule has 1 aliphatic rings. The Morgan fingerprint density at radius 3 is 2.95 bits per heavy atom. The van der Waals surface area contributed by atoms with Gasteiger partial charge in [0.2, 0.25) is 5.91 Å². The fraction of sp³-hybridized carbons (Fsp3) is 0.231. The van der Waals surface area contributed by atoms with Crippen LogP contribution in [0.1, 0.15) is 13.3 Å². The fourth-order valence-electron chi connectivity index (χ4n) is 2.16. The number of nitro groups is 1. The van der Waals surface area contributed by atoms with Crippen molar-refractivity contribution in [2.24, 2.45) is 0 Å². The van der Waals surface area contributed by atoms with Gasteiger partial charge >= 0.3 is 5.76 Å². The summed E-state index contributed by atoms with van der Waals surface area (Å²) in [5, 5.41) is 15.5. The Bertz CT molecular complexity index is 858. The lowest BCUT2D eigenvalue weighted by molar-refractivity contribution is -0.383. The van der Waals surface area contributed by atoms with Gasteiger partial charge in [-0.2, -0.15) is 0 Å². The standard InChI is InChI=1S/C13H11N3O5S/c1-13(3-2-4-22-13)11(17)14-7-6-10-8(15-12(18)21-10)5-9(7)16(19)20/h2,4-6H,3H2,1H3,(H,14,17)(H,15,18). The van der Waals surface area contributed by atoms with Crippen molar-refractivity contribution in [2.45, 2.75) is 18.1 Å². The zero-order valence-corrected chi connectivity index (χ0v) is 12.2. The highest BCUT2D eigenvalue weighted by Crippen LogP contribution is 2.38. The number of allylic oxidation sites excluding steroid dienone is 1. The molecule has 3 rings (SSSR count). The molecule has 1 aliphatic heterocycles. The second-order valence-electron chi connectivity index (χ2n) is 5.02. The number of nitro benzene ring substituents is 1. The molecule has 22 heavy (non-hydrogen) atoms. The lowest BCUT2D eigenvalue weighted by atomic mass is 10.1. The number of anilines is 1. The van der Waals surface area contributed by atoms with E-state index in [1.807, 2.05) is 11.5 Å². The number of thioether (sulfide) groups is 1. The van der Waals surface area contributed by atoms with Gasteiger partial charge in [0.1, 0.15) is 5.69 Å². The number of rotatable bonds is 3. The summed E-state index contributed by atoms with van der Waals surface area (Å²) >= 11 is 1.35. The molecule has 1 unspecified atom stereocenters. The van der Waals surface area contributed by atoms with Crippen molar-refractivity contribution < 1.29 is 14.1 Å². The first-order valence-electron chi connectivity index (χ1n) is 6.34. The van der Waals surface area contributed by atoms with Gasteiger partial charge in [-0.15, -0.1) is 11.8 Å². The number of fused-ring (bicyclic) bond motifs is 1. The molecule has 2 heterocycles. The van der Waals surface area contributed by atoms with Gasteiger partial charge in [-0.1, -0.05) is 6.08 Å². The Morgan fingerprint density at radius 1 is 1.55 bits per heavy atom. The minimum Gasteiger partial charge on any atom is -0.408 e. The number of carbonyl (C=O) groups excluding carboxylic acids is 1. The molecule has 1 aromatic carbocycles. The van der Waals surface area contributed by atoms with Crippen molar-refractivity contribution in [1.82, 2.24) is 4.98 Å². The summed E-state index contributed by atoms with van der Waals surface area (Å²) < 4.78 is 4.17. The van der Waals surface area contributed by atoms with E-state index in [9.17, 15) is 19.7 Å². The third-order valence-electron chi connectivity index (χ3n) is 3.39. The summed E-state index contributed by atoms with van der Waals surface area (Å²) in [6, 6.07) is 2.44. The molecule has 0 bridgehead atoms. The minimum atomic E-state index is -0.713. The summed E-state index contributed by atoms with van der Waals surface area (Å²) in [5.74, 6) is -1.06. The van der Waals surface area contributed by atoms with Crippen LogP contribution in [0.2, 0.25) is 0 Å². The lowest BCUT2D eigenvalue weighted by Crippen LogP contribution is -2.35. The average molecular weight is 321 g/mol. The van der Waals surface area contributed by atoms with Gasteiger partial charge in [0.15, 0.2) is 5.58 Å². The van der Waals surface area contributed by atoms with E-state index in [0.29, 0.717) is 6.42 Å². The number of aromatic nitrogens is 1. The molecule has 0 aliphatic carbocycles. The second-order valence-corrected chi connectivity index (χ2v) is 6.42. The highest BCUT2D eigenvalue weighted by Gasteiger charge is 2.36. The van der Waals surface area contributed by atoms with Crippen molar-refractivity contribution in [3.8, 4) is 0 Å². The summed E-state index contributed by atoms with van der Waals surface area (Å²) in [5.41, 5.74) is 0.0440. The Balaban J connectivity index is 2.01. The van der Waals surface area contributed by atoms with Crippen molar-refractivity contribution in [1.29, 1.82) is 0 Å². The smallest absolute Gasteiger partial charge is 0.408 e. The summed E-state index contributed by atoms with van der Waals surface area (Å²) in [6.45, 7) is 1.76. The first-order valence-corrected chi connectivity index (χ1v) is 7.22. The van der Waals surface area contributed by atoms with Crippen LogP contribution in [-0.4, -0.2) is 20.6 Å². The molecule has 1 aromatic heterocycles. The number of carbonyl (C=O) groups is 1. The highest BCUT2D eigenvalue weighted by molar-refractivity contribution is 8.04. The molecule has 1 amide bonds. The first-order chi connectivity index (χ1) is 10.4. The number of aromatic amines is 1. The average Bonchev–Trinajstić information content (AvgIpc) is 3.03. The molecule has 2 N–H and O–H groups in total. The van der Waals surface area contributed by atoms with Crippen LogP contribution in [0.4, 0.5) is 11.4 Å². The normalized spacial score (nSPS) is 20.4. The topological polar surface area (TPSA) is 118 Å². The van der Waals surface area contributed by atoms with Gasteiger partial charge in [-0.25, -0.2) is 4.79 Å². The van der Waals surface area contributed by atoms with Crippen LogP contribution < -0.4 is 11.1 Å². The molecule has 0 spiro atoms. The van der Waals surface area contributed by atoms with Gasteiger partial charge in [-0.3, -0.25) is 19.9 Å². The Kier molecular flexibility index (Phi) is 3.28. The van der Waals surface area contributed by atoms with Crippen molar-refractivity contribution in [3.63, 3.8) is 0 Å². The zero-order chi connectivity index (χ0) is 15.9. The van der Waals surface area contributed by atoms with Crippen LogP contribution in [0.15, 0.2) is 32.8 Å². The number of H-pyrrole nitrogens is 1. The molecule has 9 heteroatoms. The van der Waals surface area contributed by atoms with Crippen LogP contribution in [-0.2, 0) is 4.79 Å². The minimum absolute atomic E-state index is 0.000949. The number of nitrogens with zero attached hydrogens (tertiary/aromatic N) is 1. The fourth-order valence-corrected chi connectivity index (χ4v) is 3.00. The molecule has 114 valence electrons. The van der Waals surface area contributed by atoms with E-state index in [1.165, 1.54) is 17.8 Å². The summed E-state index contributed by atoms with van der Waals surface area (Å²) in [4.78, 5) is 36.4. The zero-order valence-electron chi connectivity index (χ0n) is 11.4. The Hall–Kier alpha value is -2.55. The van der Waals surface area contributed by atoms with Gasteiger partial charge in [0, 0.05) is 12.1 Å². The lowest BCUT2D eigenvalue weighted by Gasteiger charge is -2.21. The molecule has 0 radical (unpaired) electrons. The van der Waals surface area contributed by atoms with Crippen LogP contribution >= 0.6 is 11.8 Å². The number of nitrogens with one attached hydrogen (secondary N) is 2. The van der Waals surface area contributed by atoms with E-state index in [0.717, 1.165) is 6.07 Å². The van der Waals surface area contributed by atoms with Gasteiger partial charge in [0.05, 0.1) is 15.2 Å². The Morgan fingerprint density at radius 2 is 2.32 bits per heavy atom. The maximum absolute atomic E-state index is 12.4. The number of oxazole rings is 1. The van der Waals surface area contributed by atoms with Crippen LogP contribution in [0.25, 0.3) is 11.1 Å². The third-order valence-corrected chi connectivity index (χ3v) is 4.60. The molecule has 0 fully saturated rings. The van der Waals surface area contributed by atoms with E-state index < -0.39 is 15.4 Å². The molecule has 2 aromatic rings. The van der Waals surface area contributed by atoms with Crippen molar-refractivity contribution >= 4 is 40.1 Å². The van der Waals surface area contributed by atoms with Gasteiger partial charge in [-0.05, 0) is 18.8 Å². The van der Waals surface area contributed by atoms with E-state index in [-0.39, 0.29) is 28.4 Å². The monoisotopic (exact) mass is 321 g/mol. The molecule has 8 nitrogen and oxygen atoms in total. The van der Waals surface area contributed by atoms with E-state index in [4.69, 9.17) is 4.42 Å². The van der Waals surface area contributed by atoms with E-state index >= 15 is 0 Å². The van der Waals surface area contributed by atoms with Crippen LogP contribution in [0.5, 0.6) is 0 Å². The van der Waals surface area contributed by atoms with Crippen LogP contribution in [0.3, 0.4) is 0 Å². The summed E-state index contributed by atoms with van der Waals surface area (Å²) in [7, 11) is 0. The predicted octanol–water partition coefficient (Wildman–Crippen LogP) is 2.38. The highest BCUT2D eigenvalue weighted by atomic mass is 32.2. The van der Waals surface area contributed by atoms with E-state index in [2.05, 4.69) is 10.3 Å². The van der Waals surface area contributed by atoms with Crippen molar-refractivity contribution in [2.75, 3.05) is 5.32 Å². The number of amides is 1. The second kappa shape index (κ2) is 5.02. The van der Waals surface area contributed by atoms with Gasteiger partial charge in [0.25, 0.3) is 5.69 Å². The maximum atomic E-state index is 12.4. The maximum Gasteiger partial charge on any atom is 0.417 e. The molecular formula is C13H11N3O5S. The molecule has 0 saturated carbocycles. The molecule has 0 saturated heterocycles. The van der Waals surface area contributed by atoms with Gasteiger partial charge < -0.3 is 9.73 Å². The van der Waals surface area contributed by atoms with E-state index in [1.54, 1.807) is 6.92 Å². The predicted molar refractivity (Wildman–Crippen MR) is 81.9 cm³/mol. The van der Waals surface area contributed by atoms with Crippen LogP contribution in [0, 0.1) is 10.1 Å². The quantitative estimate of drug-likeness (QED) is 0.662. The third kappa shape index (κ3) is 2.39. The number of benzene rings is 1. The first kappa shape index (κ1) is 14.4. The number of hydrogen-bond donors (Lipinski definition) is 2. The molecule has 1 atom stereocenters. The Labute approximate surface area is 127 Å². The summed E-state index contributed by atoms with van der Waals surface area (Å²) in [6.07, 6.45) is 2.41. The SMILES string of the molecule is CC1(C(=O)Nc2cc3oc(=O)[nH]c3cc2[N+](=O)[O-])CC=CS1. The largest absolute Gasteiger partial charge is 0.417 e.